The molecule has 8 aromatic carbocycles. The molecule has 0 spiro atoms. The fourth-order valence-corrected chi connectivity index (χ4v) is 7.45. The minimum absolute atomic E-state index is 0. The third-order valence-corrected chi connectivity index (χ3v) is 10.4. The van der Waals surface area contributed by atoms with E-state index >= 15 is 0 Å². The van der Waals surface area contributed by atoms with Gasteiger partial charge in [0.1, 0.15) is 5.82 Å². The van der Waals surface area contributed by atoms with Gasteiger partial charge in [-0.1, -0.05) is 157 Å². The summed E-state index contributed by atoms with van der Waals surface area (Å²) in [6, 6.07) is 74.9. The first-order chi connectivity index (χ1) is 28.7. The summed E-state index contributed by atoms with van der Waals surface area (Å²) >= 11 is 0. The molecule has 0 unspecified atom stereocenters. The van der Waals surface area contributed by atoms with E-state index in [1.807, 2.05) is 54.7 Å². The van der Waals surface area contributed by atoms with Gasteiger partial charge in [-0.05, 0) is 97.4 Å². The fraction of sp³-hybridized carbons (Fsp3) is 0. The van der Waals surface area contributed by atoms with Gasteiger partial charge in [0.05, 0.1) is 0 Å². The van der Waals surface area contributed by atoms with Crippen molar-refractivity contribution in [3.05, 3.63) is 219 Å². The Balaban J connectivity index is 0.00000449. The molecule has 0 N–H and O–H groups in total. The predicted octanol–water partition coefficient (Wildman–Crippen LogP) is 13.6. The van der Waals surface area contributed by atoms with Gasteiger partial charge in [-0.15, -0.1) is 29.8 Å². The first-order valence-corrected chi connectivity index (χ1v) is 19.4. The Morgan fingerprint density at radius 2 is 0.678 bits per heavy atom. The molecule has 0 aliphatic carbocycles. The zero-order valence-corrected chi connectivity index (χ0v) is 34.2. The molecule has 10 rings (SSSR count). The number of nitrogens with zero attached hydrogens (tertiary/aromatic N) is 4. The number of benzene rings is 8. The maximum absolute atomic E-state index is 5.31. The van der Waals surface area contributed by atoms with Crippen molar-refractivity contribution in [3.63, 3.8) is 0 Å². The van der Waals surface area contributed by atoms with Crippen molar-refractivity contribution in [1.82, 2.24) is 19.9 Å². The summed E-state index contributed by atoms with van der Waals surface area (Å²) in [7, 11) is 0. The first kappa shape index (κ1) is 37.4. The molecule has 0 aliphatic rings. The van der Waals surface area contributed by atoms with Crippen LogP contribution in [0.2, 0.25) is 0 Å². The molecule has 4 nitrogen and oxygen atoms in total. The molecule has 0 fully saturated rings. The molecule has 0 saturated heterocycles. The molecule has 0 saturated carbocycles. The largest absolute Gasteiger partial charge is 0.304 e. The predicted molar refractivity (Wildman–Crippen MR) is 237 cm³/mol. The topological polar surface area (TPSA) is 51.6 Å². The maximum atomic E-state index is 5.31. The molecule has 2 aromatic heterocycles. The smallest absolute Gasteiger partial charge is 0.164 e. The molecule has 1 radical (unpaired) electrons. The van der Waals surface area contributed by atoms with E-state index in [0.717, 1.165) is 83.2 Å². The van der Waals surface area contributed by atoms with Gasteiger partial charge in [0.15, 0.2) is 11.6 Å². The van der Waals surface area contributed by atoms with Crippen LogP contribution in [-0.2, 0) is 20.1 Å². The van der Waals surface area contributed by atoms with E-state index in [-0.39, 0.29) is 20.1 Å². The molecular weight excluding hydrogens is 897 g/mol. The second-order valence-corrected chi connectivity index (χ2v) is 14.3. The van der Waals surface area contributed by atoms with E-state index in [1.165, 1.54) is 0 Å². The molecule has 2 heterocycles. The van der Waals surface area contributed by atoms with Crippen LogP contribution in [0, 0.1) is 6.07 Å². The molecule has 0 atom stereocenters. The van der Waals surface area contributed by atoms with Crippen LogP contribution in [0.15, 0.2) is 212 Å². The van der Waals surface area contributed by atoms with E-state index < -0.39 is 0 Å². The van der Waals surface area contributed by atoms with E-state index in [0.29, 0.717) is 17.5 Å². The van der Waals surface area contributed by atoms with Crippen molar-refractivity contribution in [2.75, 3.05) is 0 Å². The third kappa shape index (κ3) is 8.03. The van der Waals surface area contributed by atoms with Crippen LogP contribution in [0.25, 0.3) is 101 Å². The number of hydrogen-bond donors (Lipinski definition) is 0. The number of hydrogen-bond acceptors (Lipinski definition) is 4. The fourth-order valence-electron chi connectivity index (χ4n) is 7.45. The standard InChI is InChI=1S/C54H35N4.Ir/c1-5-16-37(17-6-1)45-29-46(38-18-7-2-8-19-38)32-49(31-45)53-56-52(43-27-15-26-42(28-43)51-35-41-24-13-14-25-44(41)36-55-51)57-54(58-53)50-33-47(39-20-9-3-10-21-39)30-48(34-50)40-22-11-4-12-23-40;/h1-25,27-36H;/q-1;. The molecule has 59 heavy (non-hydrogen) atoms. The maximum Gasteiger partial charge on any atom is 0.164 e. The number of fused-ring (bicyclic) bond motifs is 1. The summed E-state index contributed by atoms with van der Waals surface area (Å²) in [5.41, 5.74) is 13.1. The van der Waals surface area contributed by atoms with Gasteiger partial charge >= 0.3 is 0 Å². The zero-order chi connectivity index (χ0) is 38.7. The molecule has 0 bridgehead atoms. The monoisotopic (exact) mass is 932 g/mol. The Labute approximate surface area is 357 Å². The summed E-state index contributed by atoms with van der Waals surface area (Å²) in [6.45, 7) is 0. The van der Waals surface area contributed by atoms with Crippen molar-refractivity contribution in [2.24, 2.45) is 0 Å². The summed E-state index contributed by atoms with van der Waals surface area (Å²) in [4.78, 5) is 20.6. The molecular formula is C54H35IrN4-. The molecule has 5 heteroatoms. The second-order valence-electron chi connectivity index (χ2n) is 14.3. The number of pyridine rings is 1. The number of aromatic nitrogens is 4. The van der Waals surface area contributed by atoms with Gasteiger partial charge in [0.2, 0.25) is 0 Å². The second kappa shape index (κ2) is 16.7. The van der Waals surface area contributed by atoms with Gasteiger partial charge in [0, 0.05) is 37.4 Å². The van der Waals surface area contributed by atoms with E-state index in [2.05, 4.69) is 164 Å². The molecule has 281 valence electrons. The average molecular weight is 932 g/mol. The summed E-state index contributed by atoms with van der Waals surface area (Å²) in [6.07, 6.45) is 1.92. The minimum Gasteiger partial charge on any atom is -0.304 e. The van der Waals surface area contributed by atoms with Crippen LogP contribution < -0.4 is 0 Å². The third-order valence-electron chi connectivity index (χ3n) is 10.4. The van der Waals surface area contributed by atoms with Crippen molar-refractivity contribution in [2.45, 2.75) is 0 Å². The zero-order valence-electron chi connectivity index (χ0n) is 31.8. The van der Waals surface area contributed by atoms with Gasteiger partial charge in [-0.25, -0.2) is 15.0 Å². The van der Waals surface area contributed by atoms with Gasteiger partial charge < -0.3 is 4.98 Å². The van der Waals surface area contributed by atoms with Crippen molar-refractivity contribution >= 4 is 10.8 Å². The van der Waals surface area contributed by atoms with Gasteiger partial charge in [0.25, 0.3) is 0 Å². The molecule has 0 amide bonds. The SMILES string of the molecule is [Ir].[c-]1ccc(-c2nc(-c3cc(-c4ccccc4)cc(-c4ccccc4)c3)nc(-c3cc(-c4ccccc4)cc(-c4ccccc4)c3)n2)cc1-c1cc2ccccc2cn1. The summed E-state index contributed by atoms with van der Waals surface area (Å²) in [5, 5.41) is 2.21. The molecule has 0 aliphatic heterocycles. The van der Waals surface area contributed by atoms with Crippen molar-refractivity contribution < 1.29 is 20.1 Å². The van der Waals surface area contributed by atoms with E-state index in [4.69, 9.17) is 19.9 Å². The van der Waals surface area contributed by atoms with Crippen LogP contribution >= 0.6 is 0 Å². The molecule has 10 aromatic rings. The van der Waals surface area contributed by atoms with Crippen LogP contribution in [0.3, 0.4) is 0 Å². The summed E-state index contributed by atoms with van der Waals surface area (Å²) < 4.78 is 0. The Morgan fingerprint density at radius 1 is 0.305 bits per heavy atom. The van der Waals surface area contributed by atoms with Crippen molar-refractivity contribution in [3.8, 4) is 89.9 Å². The Kier molecular flexibility index (Phi) is 10.6. The minimum atomic E-state index is 0. The quantitative estimate of drug-likeness (QED) is 0.142. The van der Waals surface area contributed by atoms with Crippen LogP contribution in [-0.4, -0.2) is 19.9 Å². The van der Waals surface area contributed by atoms with E-state index in [1.54, 1.807) is 0 Å². The van der Waals surface area contributed by atoms with E-state index in [9.17, 15) is 0 Å². The number of rotatable bonds is 8. The van der Waals surface area contributed by atoms with Crippen LogP contribution in [0.4, 0.5) is 0 Å². The summed E-state index contributed by atoms with van der Waals surface area (Å²) in [5.74, 6) is 1.73. The van der Waals surface area contributed by atoms with Gasteiger partial charge in [-0.2, -0.15) is 0 Å². The van der Waals surface area contributed by atoms with Gasteiger partial charge in [-0.3, -0.25) is 0 Å². The Morgan fingerprint density at radius 3 is 1.12 bits per heavy atom. The van der Waals surface area contributed by atoms with Crippen LogP contribution in [0.5, 0.6) is 0 Å². The van der Waals surface area contributed by atoms with Crippen LogP contribution in [0.1, 0.15) is 0 Å². The Bertz CT molecular complexity index is 2780. The Hall–Kier alpha value is -7.17. The normalized spacial score (nSPS) is 10.9. The van der Waals surface area contributed by atoms with Crippen molar-refractivity contribution in [1.29, 1.82) is 0 Å². The average Bonchev–Trinajstić information content (AvgIpc) is 3.32. The first-order valence-electron chi connectivity index (χ1n) is 19.4.